The van der Waals surface area contributed by atoms with Gasteiger partial charge in [-0.05, 0) is 42.2 Å². The molecule has 0 fully saturated rings. The van der Waals surface area contributed by atoms with Gasteiger partial charge in [-0.25, -0.2) is 0 Å². The zero-order valence-corrected chi connectivity index (χ0v) is 11.8. The quantitative estimate of drug-likeness (QED) is 0.745. The van der Waals surface area contributed by atoms with Crippen molar-refractivity contribution in [3.8, 4) is 0 Å². The van der Waals surface area contributed by atoms with Crippen LogP contribution in [0.4, 0.5) is 5.69 Å². The molecule has 2 atom stereocenters. The third-order valence-electron chi connectivity index (χ3n) is 3.66. The van der Waals surface area contributed by atoms with Gasteiger partial charge in [-0.1, -0.05) is 45.9 Å². The topological polar surface area (TPSA) is 12.0 Å². The van der Waals surface area contributed by atoms with E-state index in [9.17, 15) is 0 Å². The Kier molecular flexibility index (Phi) is 2.97. The first kappa shape index (κ1) is 12.5. The van der Waals surface area contributed by atoms with Crippen LogP contribution in [0.15, 0.2) is 24.3 Å². The Morgan fingerprint density at radius 2 is 1.94 bits per heavy atom. The van der Waals surface area contributed by atoms with E-state index in [1.54, 1.807) is 0 Å². The van der Waals surface area contributed by atoms with Crippen molar-refractivity contribution < 1.29 is 0 Å². The molecule has 0 bridgehead atoms. The maximum Gasteiger partial charge on any atom is 0.0380 e. The summed E-state index contributed by atoms with van der Waals surface area (Å²) >= 11 is 0. The van der Waals surface area contributed by atoms with Crippen LogP contribution in [0.25, 0.3) is 0 Å². The van der Waals surface area contributed by atoms with Crippen molar-refractivity contribution in [2.75, 3.05) is 5.32 Å². The zero-order valence-electron chi connectivity index (χ0n) is 11.8. The number of anilines is 1. The normalized spacial score (nSPS) is 28.4. The lowest BCUT2D eigenvalue weighted by Gasteiger charge is -2.43. The van der Waals surface area contributed by atoms with E-state index >= 15 is 0 Å². The molecule has 1 aromatic rings. The molecule has 1 aliphatic heterocycles. The number of fused-ring (bicyclic) bond motifs is 1. The van der Waals surface area contributed by atoms with E-state index < -0.39 is 0 Å². The molecule has 1 heterocycles. The first-order chi connectivity index (χ1) is 7.80. The monoisotopic (exact) mass is 231 g/mol. The van der Waals surface area contributed by atoms with Gasteiger partial charge in [0.15, 0.2) is 0 Å². The van der Waals surface area contributed by atoms with Gasteiger partial charge in [0, 0.05) is 11.7 Å². The van der Waals surface area contributed by atoms with E-state index in [1.807, 2.05) is 0 Å². The Bertz CT molecular complexity index is 402. The summed E-state index contributed by atoms with van der Waals surface area (Å²) in [6.45, 7) is 11.7. The summed E-state index contributed by atoms with van der Waals surface area (Å²) in [5.41, 5.74) is 3.50. The molecule has 17 heavy (non-hydrogen) atoms. The maximum absolute atomic E-state index is 3.60. The molecular formula is C16H25N. The van der Waals surface area contributed by atoms with E-state index in [2.05, 4.69) is 64.2 Å². The van der Waals surface area contributed by atoms with Crippen molar-refractivity contribution in [3.05, 3.63) is 29.8 Å². The second-order valence-electron chi connectivity index (χ2n) is 7.09. The predicted octanol–water partition coefficient (Wildman–Crippen LogP) is 4.58. The number of benzene rings is 1. The van der Waals surface area contributed by atoms with Crippen LogP contribution in [-0.4, -0.2) is 6.04 Å². The van der Waals surface area contributed by atoms with Crippen LogP contribution in [-0.2, 0) is 5.41 Å². The highest BCUT2D eigenvalue weighted by Crippen LogP contribution is 2.45. The number of hydrogen-bond donors (Lipinski definition) is 1. The predicted molar refractivity (Wildman–Crippen MR) is 75.6 cm³/mol. The van der Waals surface area contributed by atoms with Crippen molar-refractivity contribution >= 4 is 5.69 Å². The van der Waals surface area contributed by atoms with Gasteiger partial charge in [0.2, 0.25) is 0 Å². The SMILES string of the molecule is C[C@@H]1C[C@@](C)(CC(C)(C)C)c2ccccc2N1. The van der Waals surface area contributed by atoms with Gasteiger partial charge in [-0.3, -0.25) is 0 Å². The highest BCUT2D eigenvalue weighted by molar-refractivity contribution is 5.57. The molecule has 1 heteroatoms. The van der Waals surface area contributed by atoms with E-state index in [4.69, 9.17) is 0 Å². The molecular weight excluding hydrogens is 206 g/mol. The Morgan fingerprint density at radius 1 is 1.29 bits per heavy atom. The molecule has 0 unspecified atom stereocenters. The molecule has 0 spiro atoms. The van der Waals surface area contributed by atoms with Gasteiger partial charge < -0.3 is 5.32 Å². The molecule has 0 saturated heterocycles. The Balaban J connectivity index is 2.41. The van der Waals surface area contributed by atoms with Crippen LogP contribution in [0.3, 0.4) is 0 Å². The van der Waals surface area contributed by atoms with Crippen molar-refractivity contribution in [2.24, 2.45) is 5.41 Å². The fourth-order valence-corrected chi connectivity index (χ4v) is 3.58. The van der Waals surface area contributed by atoms with Crippen LogP contribution in [0, 0.1) is 5.41 Å². The Labute approximate surface area is 106 Å². The fraction of sp³-hybridized carbons (Fsp3) is 0.625. The molecule has 1 aromatic carbocycles. The van der Waals surface area contributed by atoms with Crippen molar-refractivity contribution in [3.63, 3.8) is 0 Å². The minimum absolute atomic E-state index is 0.305. The molecule has 1 aliphatic rings. The molecule has 0 aromatic heterocycles. The zero-order chi connectivity index (χ0) is 12.7. The molecule has 1 N–H and O–H groups in total. The van der Waals surface area contributed by atoms with Crippen molar-refractivity contribution in [1.82, 2.24) is 0 Å². The van der Waals surface area contributed by atoms with Gasteiger partial charge in [-0.2, -0.15) is 0 Å². The van der Waals surface area contributed by atoms with Crippen molar-refractivity contribution in [1.29, 1.82) is 0 Å². The number of para-hydroxylation sites is 1. The van der Waals surface area contributed by atoms with E-state index in [0.717, 1.165) is 0 Å². The number of rotatable bonds is 1. The molecule has 0 saturated carbocycles. The summed E-state index contributed by atoms with van der Waals surface area (Å²) in [5.74, 6) is 0. The van der Waals surface area contributed by atoms with Gasteiger partial charge in [0.05, 0.1) is 0 Å². The minimum Gasteiger partial charge on any atom is -0.382 e. The van der Waals surface area contributed by atoms with Crippen LogP contribution in [0.2, 0.25) is 0 Å². The summed E-state index contributed by atoms with van der Waals surface area (Å²) in [6.07, 6.45) is 2.46. The smallest absolute Gasteiger partial charge is 0.0380 e. The lowest BCUT2D eigenvalue weighted by molar-refractivity contribution is 0.244. The fourth-order valence-electron chi connectivity index (χ4n) is 3.58. The second-order valence-corrected chi connectivity index (χ2v) is 7.09. The molecule has 94 valence electrons. The second kappa shape index (κ2) is 4.04. The van der Waals surface area contributed by atoms with Gasteiger partial charge >= 0.3 is 0 Å². The van der Waals surface area contributed by atoms with E-state index in [0.29, 0.717) is 16.9 Å². The van der Waals surface area contributed by atoms with Crippen LogP contribution < -0.4 is 5.32 Å². The summed E-state index contributed by atoms with van der Waals surface area (Å²) in [5, 5.41) is 3.60. The van der Waals surface area contributed by atoms with Gasteiger partial charge in [0.1, 0.15) is 0 Å². The summed E-state index contributed by atoms with van der Waals surface area (Å²) in [6, 6.07) is 9.36. The Morgan fingerprint density at radius 3 is 2.59 bits per heavy atom. The third-order valence-corrected chi connectivity index (χ3v) is 3.66. The van der Waals surface area contributed by atoms with E-state index in [-0.39, 0.29) is 0 Å². The average Bonchev–Trinajstić information content (AvgIpc) is 2.13. The number of hydrogen-bond acceptors (Lipinski definition) is 1. The molecule has 0 radical (unpaired) electrons. The highest BCUT2D eigenvalue weighted by Gasteiger charge is 2.37. The number of nitrogens with one attached hydrogen (secondary N) is 1. The highest BCUT2D eigenvalue weighted by atomic mass is 14.9. The van der Waals surface area contributed by atoms with Gasteiger partial charge in [0.25, 0.3) is 0 Å². The summed E-state index contributed by atoms with van der Waals surface area (Å²) in [4.78, 5) is 0. The first-order valence-corrected chi connectivity index (χ1v) is 6.66. The maximum atomic E-state index is 3.60. The average molecular weight is 231 g/mol. The van der Waals surface area contributed by atoms with Crippen molar-refractivity contribution in [2.45, 2.75) is 58.9 Å². The first-order valence-electron chi connectivity index (χ1n) is 6.66. The van der Waals surface area contributed by atoms with Crippen LogP contribution in [0.1, 0.15) is 53.0 Å². The minimum atomic E-state index is 0.305. The Hall–Kier alpha value is -0.980. The molecule has 2 rings (SSSR count). The lowest BCUT2D eigenvalue weighted by atomic mass is 9.66. The summed E-state index contributed by atoms with van der Waals surface area (Å²) < 4.78 is 0. The largest absolute Gasteiger partial charge is 0.382 e. The standard InChI is InChI=1S/C16H25N/c1-12-10-16(5,11-15(2,3)4)13-8-6-7-9-14(13)17-12/h6-9,12,17H,10-11H2,1-5H3/t12-,16+/m1/s1. The van der Waals surface area contributed by atoms with Crippen LogP contribution >= 0.6 is 0 Å². The molecule has 1 nitrogen and oxygen atoms in total. The van der Waals surface area contributed by atoms with Gasteiger partial charge in [-0.15, -0.1) is 0 Å². The molecule has 0 amide bonds. The van der Waals surface area contributed by atoms with E-state index in [1.165, 1.54) is 24.1 Å². The van der Waals surface area contributed by atoms with Crippen LogP contribution in [0.5, 0.6) is 0 Å². The lowest BCUT2D eigenvalue weighted by Crippen LogP contribution is -2.39. The third kappa shape index (κ3) is 2.65. The summed E-state index contributed by atoms with van der Waals surface area (Å²) in [7, 11) is 0. The molecule has 0 aliphatic carbocycles.